The van der Waals surface area contributed by atoms with Crippen LogP contribution in [0, 0.1) is 0 Å². The number of thiophene rings is 1. The van der Waals surface area contributed by atoms with Crippen molar-refractivity contribution >= 4 is 51.7 Å². The number of aromatic nitrogens is 1. The van der Waals surface area contributed by atoms with Gasteiger partial charge in [-0.1, -0.05) is 12.1 Å². The van der Waals surface area contributed by atoms with E-state index in [0.29, 0.717) is 43.8 Å². The highest BCUT2D eigenvalue weighted by Crippen LogP contribution is 2.27. The first-order chi connectivity index (χ1) is 14.9. The molecule has 0 atom stereocenters. The number of H-pyrrole nitrogens is 1. The lowest BCUT2D eigenvalue weighted by molar-refractivity contribution is 0.101. The van der Waals surface area contributed by atoms with Crippen molar-refractivity contribution in [3.8, 4) is 5.88 Å². The number of Topliss-reactive ketones (excluding diaryl/α,β-unsaturated/α-hetero) is 1. The molecule has 0 aliphatic carbocycles. The molecule has 1 amide bonds. The van der Waals surface area contributed by atoms with Crippen molar-refractivity contribution in [1.29, 1.82) is 0 Å². The fourth-order valence-electron chi connectivity index (χ4n) is 3.18. The molecule has 0 saturated heterocycles. The van der Waals surface area contributed by atoms with Crippen LogP contribution in [0.5, 0.6) is 5.88 Å². The standard InChI is InChI=1S/C23H16N2O5S/c1-12(27)19-8-9-20(31-19)23(30)24-15-5-2-13(3-6-15)21(28)14-4-7-16-17(11-26)22(29)25-18(16)10-14/h2-11,25,29H,1H3,(H,24,30). The molecule has 4 aromatic rings. The molecule has 0 aliphatic heterocycles. The Kier molecular flexibility index (Phi) is 5.22. The van der Waals surface area contributed by atoms with E-state index in [1.807, 2.05) is 0 Å². The van der Waals surface area contributed by atoms with E-state index in [-0.39, 0.29) is 28.9 Å². The maximum atomic E-state index is 12.8. The second-order valence-corrected chi connectivity index (χ2v) is 7.93. The summed E-state index contributed by atoms with van der Waals surface area (Å²) in [6.45, 7) is 1.45. The third-order valence-electron chi connectivity index (χ3n) is 4.78. The highest BCUT2D eigenvalue weighted by atomic mass is 32.1. The third-order valence-corrected chi connectivity index (χ3v) is 5.96. The molecule has 2 aromatic heterocycles. The number of fused-ring (bicyclic) bond motifs is 1. The summed E-state index contributed by atoms with van der Waals surface area (Å²) in [6, 6.07) is 14.4. The van der Waals surface area contributed by atoms with Crippen LogP contribution < -0.4 is 5.32 Å². The second kappa shape index (κ2) is 8.00. The van der Waals surface area contributed by atoms with Crippen LogP contribution >= 0.6 is 11.3 Å². The van der Waals surface area contributed by atoms with Crippen molar-refractivity contribution in [1.82, 2.24) is 4.98 Å². The van der Waals surface area contributed by atoms with Gasteiger partial charge in [0.05, 0.1) is 15.3 Å². The maximum Gasteiger partial charge on any atom is 0.265 e. The van der Waals surface area contributed by atoms with Crippen LogP contribution in [0.1, 0.15) is 52.5 Å². The number of ketones is 2. The maximum absolute atomic E-state index is 12.8. The topological polar surface area (TPSA) is 116 Å². The molecule has 8 heteroatoms. The zero-order valence-electron chi connectivity index (χ0n) is 16.3. The average Bonchev–Trinajstić information content (AvgIpc) is 3.37. The van der Waals surface area contributed by atoms with Gasteiger partial charge in [0.25, 0.3) is 5.91 Å². The van der Waals surface area contributed by atoms with Gasteiger partial charge in [-0.05, 0) is 49.4 Å². The number of carbonyl (C=O) groups excluding carboxylic acids is 4. The molecule has 7 nitrogen and oxygen atoms in total. The Bertz CT molecular complexity index is 1350. The highest BCUT2D eigenvalue weighted by Gasteiger charge is 2.15. The summed E-state index contributed by atoms with van der Waals surface area (Å²) < 4.78 is 0. The number of carbonyl (C=O) groups is 4. The predicted octanol–water partition coefficient (Wildman–Crippen LogP) is 4.43. The van der Waals surface area contributed by atoms with Crippen molar-refractivity contribution in [2.45, 2.75) is 6.92 Å². The van der Waals surface area contributed by atoms with Crippen molar-refractivity contribution < 1.29 is 24.3 Å². The van der Waals surface area contributed by atoms with Crippen molar-refractivity contribution in [2.75, 3.05) is 5.32 Å². The Morgan fingerprint density at radius 3 is 2.29 bits per heavy atom. The zero-order chi connectivity index (χ0) is 22.1. The molecular weight excluding hydrogens is 416 g/mol. The molecule has 2 heterocycles. The largest absolute Gasteiger partial charge is 0.494 e. The Hall–Kier alpha value is -4.04. The number of hydrogen-bond donors (Lipinski definition) is 3. The van der Waals surface area contributed by atoms with Gasteiger partial charge in [0, 0.05) is 27.7 Å². The van der Waals surface area contributed by atoms with Crippen LogP contribution in [-0.2, 0) is 0 Å². The average molecular weight is 432 g/mol. The van der Waals surface area contributed by atoms with Crippen LogP contribution in [0.15, 0.2) is 54.6 Å². The number of aromatic hydroxyl groups is 1. The van der Waals surface area contributed by atoms with E-state index in [0.717, 1.165) is 11.3 Å². The van der Waals surface area contributed by atoms with Gasteiger partial charge in [-0.2, -0.15) is 0 Å². The van der Waals surface area contributed by atoms with E-state index in [4.69, 9.17) is 0 Å². The molecule has 0 aliphatic rings. The van der Waals surface area contributed by atoms with Gasteiger partial charge in [0.2, 0.25) is 0 Å². The number of aromatic amines is 1. The smallest absolute Gasteiger partial charge is 0.265 e. The molecule has 2 aromatic carbocycles. The lowest BCUT2D eigenvalue weighted by Crippen LogP contribution is -2.10. The minimum Gasteiger partial charge on any atom is -0.494 e. The van der Waals surface area contributed by atoms with E-state index >= 15 is 0 Å². The molecule has 3 N–H and O–H groups in total. The monoisotopic (exact) mass is 432 g/mol. The first-order valence-electron chi connectivity index (χ1n) is 9.24. The van der Waals surface area contributed by atoms with Gasteiger partial charge in [-0.15, -0.1) is 11.3 Å². The van der Waals surface area contributed by atoms with Gasteiger partial charge < -0.3 is 15.4 Å². The van der Waals surface area contributed by atoms with E-state index in [9.17, 15) is 24.3 Å². The highest BCUT2D eigenvalue weighted by molar-refractivity contribution is 7.16. The molecule has 0 saturated carbocycles. The van der Waals surface area contributed by atoms with Gasteiger partial charge in [0.1, 0.15) is 0 Å². The SMILES string of the molecule is CC(=O)c1ccc(C(=O)Nc2ccc(C(=O)c3ccc4c(C=O)c(O)[nH]c4c3)cc2)s1. The number of anilines is 1. The van der Waals surface area contributed by atoms with Crippen LogP contribution in [-0.4, -0.2) is 33.9 Å². The Balaban J connectivity index is 1.51. The number of benzene rings is 2. The first-order valence-corrected chi connectivity index (χ1v) is 10.1. The molecule has 0 fully saturated rings. The molecule has 0 bridgehead atoms. The zero-order valence-corrected chi connectivity index (χ0v) is 17.1. The number of aldehydes is 1. The Labute approximate surface area is 180 Å². The number of amides is 1. The first kappa shape index (κ1) is 20.2. The van der Waals surface area contributed by atoms with E-state index < -0.39 is 0 Å². The molecule has 4 rings (SSSR count). The second-order valence-electron chi connectivity index (χ2n) is 6.85. The molecule has 0 spiro atoms. The molecule has 154 valence electrons. The van der Waals surface area contributed by atoms with E-state index in [2.05, 4.69) is 10.3 Å². The van der Waals surface area contributed by atoms with Crippen LogP contribution in [0.3, 0.4) is 0 Å². The van der Waals surface area contributed by atoms with Crippen LogP contribution in [0.25, 0.3) is 10.9 Å². The predicted molar refractivity (Wildman–Crippen MR) is 118 cm³/mol. The minimum atomic E-state index is -0.334. The summed E-state index contributed by atoms with van der Waals surface area (Å²) in [5.41, 5.74) is 1.95. The van der Waals surface area contributed by atoms with Gasteiger partial charge >= 0.3 is 0 Å². The summed E-state index contributed by atoms with van der Waals surface area (Å²) in [5.74, 6) is -0.914. The van der Waals surface area contributed by atoms with Crippen molar-refractivity contribution in [2.24, 2.45) is 0 Å². The molecular formula is C23H16N2O5S. The van der Waals surface area contributed by atoms with Crippen molar-refractivity contribution in [3.05, 3.63) is 81.0 Å². The van der Waals surface area contributed by atoms with E-state index in [1.165, 1.54) is 6.92 Å². The van der Waals surface area contributed by atoms with Gasteiger partial charge in [0.15, 0.2) is 23.7 Å². The van der Waals surface area contributed by atoms with Gasteiger partial charge in [-0.3, -0.25) is 19.2 Å². The van der Waals surface area contributed by atoms with Crippen LogP contribution in [0.4, 0.5) is 5.69 Å². The summed E-state index contributed by atoms with van der Waals surface area (Å²) in [7, 11) is 0. The summed E-state index contributed by atoms with van der Waals surface area (Å²) in [6.07, 6.45) is 0.555. The van der Waals surface area contributed by atoms with Gasteiger partial charge in [-0.25, -0.2) is 0 Å². The quantitative estimate of drug-likeness (QED) is 0.308. The molecule has 31 heavy (non-hydrogen) atoms. The summed E-state index contributed by atoms with van der Waals surface area (Å²) in [4.78, 5) is 51.2. The number of nitrogens with one attached hydrogen (secondary N) is 2. The summed E-state index contributed by atoms with van der Waals surface area (Å²) >= 11 is 1.12. The lowest BCUT2D eigenvalue weighted by Gasteiger charge is -2.06. The fraction of sp³-hybridized carbons (Fsp3) is 0.0435. The Morgan fingerprint density at radius 2 is 1.65 bits per heavy atom. The molecule has 0 unspecified atom stereocenters. The Morgan fingerprint density at radius 1 is 0.968 bits per heavy atom. The van der Waals surface area contributed by atoms with E-state index in [1.54, 1.807) is 54.6 Å². The molecule has 0 radical (unpaired) electrons. The fourth-order valence-corrected chi connectivity index (χ4v) is 3.98. The number of hydrogen-bond acceptors (Lipinski definition) is 6. The number of rotatable bonds is 6. The van der Waals surface area contributed by atoms with Crippen LogP contribution in [0.2, 0.25) is 0 Å². The third kappa shape index (κ3) is 3.88. The summed E-state index contributed by atoms with van der Waals surface area (Å²) in [5, 5.41) is 13.0. The lowest BCUT2D eigenvalue weighted by atomic mass is 10.0. The normalized spacial score (nSPS) is 10.7. The van der Waals surface area contributed by atoms with Crippen molar-refractivity contribution in [3.63, 3.8) is 0 Å². The minimum absolute atomic E-state index is 0.0953.